The molecule has 0 bridgehead atoms. The third kappa shape index (κ3) is 3.91. The number of thiazole rings is 1. The lowest BCUT2D eigenvalue weighted by atomic mass is 10.2. The van der Waals surface area contributed by atoms with Crippen molar-refractivity contribution in [1.29, 1.82) is 0 Å². The summed E-state index contributed by atoms with van der Waals surface area (Å²) >= 11 is 1.66. The van der Waals surface area contributed by atoms with E-state index in [1.165, 1.54) is 0 Å². The molecule has 1 unspecified atom stereocenters. The summed E-state index contributed by atoms with van der Waals surface area (Å²) in [6, 6.07) is 0. The van der Waals surface area contributed by atoms with Crippen LogP contribution in [0.3, 0.4) is 0 Å². The first kappa shape index (κ1) is 16.8. The summed E-state index contributed by atoms with van der Waals surface area (Å²) in [5, 5.41) is 3.15. The highest BCUT2D eigenvalue weighted by molar-refractivity contribution is 7.09. The zero-order valence-electron chi connectivity index (χ0n) is 14.0. The van der Waals surface area contributed by atoms with Crippen molar-refractivity contribution in [2.24, 2.45) is 5.73 Å². The Bertz CT molecular complexity index is 550. The highest BCUT2D eigenvalue weighted by Gasteiger charge is 2.48. The molecule has 128 valence electrons. The van der Waals surface area contributed by atoms with Gasteiger partial charge in [0.25, 0.3) is 0 Å². The van der Waals surface area contributed by atoms with E-state index in [0.717, 1.165) is 56.3 Å². The lowest BCUT2D eigenvalue weighted by molar-refractivity contribution is -0.135. The Morgan fingerprint density at radius 3 is 2.74 bits per heavy atom. The van der Waals surface area contributed by atoms with Gasteiger partial charge in [0.15, 0.2) is 0 Å². The van der Waals surface area contributed by atoms with Crippen molar-refractivity contribution < 1.29 is 9.53 Å². The molecular weight excluding hydrogens is 312 g/mol. The Morgan fingerprint density at radius 1 is 1.43 bits per heavy atom. The SMILES string of the molecule is CCOC(C)c1nc(CN2CCN(C(=O)C3(N)CC3)CC2)cs1. The average molecular weight is 338 g/mol. The van der Waals surface area contributed by atoms with E-state index in [9.17, 15) is 4.79 Å². The smallest absolute Gasteiger partial charge is 0.242 e. The van der Waals surface area contributed by atoms with Gasteiger partial charge < -0.3 is 15.4 Å². The Balaban J connectivity index is 1.48. The Labute approximate surface area is 141 Å². The molecule has 1 atom stereocenters. The quantitative estimate of drug-likeness (QED) is 0.848. The lowest BCUT2D eigenvalue weighted by Crippen LogP contribution is -2.53. The predicted octanol–water partition coefficient (Wildman–Crippen LogP) is 1.38. The van der Waals surface area contributed by atoms with Crippen LogP contribution in [-0.2, 0) is 16.1 Å². The summed E-state index contributed by atoms with van der Waals surface area (Å²) in [7, 11) is 0. The third-order valence-corrected chi connectivity index (χ3v) is 5.65. The minimum Gasteiger partial charge on any atom is -0.372 e. The van der Waals surface area contributed by atoms with Gasteiger partial charge in [0.2, 0.25) is 5.91 Å². The molecular formula is C16H26N4O2S. The molecule has 2 heterocycles. The van der Waals surface area contributed by atoms with Gasteiger partial charge in [-0.3, -0.25) is 9.69 Å². The summed E-state index contributed by atoms with van der Waals surface area (Å²) in [6.45, 7) is 8.88. The number of ether oxygens (including phenoxy) is 1. The number of hydrogen-bond donors (Lipinski definition) is 1. The topological polar surface area (TPSA) is 71.7 Å². The van der Waals surface area contributed by atoms with Gasteiger partial charge in [-0.25, -0.2) is 4.98 Å². The maximum absolute atomic E-state index is 12.2. The minimum atomic E-state index is -0.540. The van der Waals surface area contributed by atoms with Gasteiger partial charge in [-0.05, 0) is 26.7 Å². The largest absolute Gasteiger partial charge is 0.372 e. The molecule has 1 aromatic heterocycles. The van der Waals surface area contributed by atoms with Crippen LogP contribution in [-0.4, -0.2) is 59.0 Å². The number of amides is 1. The van der Waals surface area contributed by atoms with Crippen molar-refractivity contribution in [2.75, 3.05) is 32.8 Å². The fraction of sp³-hybridized carbons (Fsp3) is 0.750. The lowest BCUT2D eigenvalue weighted by Gasteiger charge is -2.35. The molecule has 2 N–H and O–H groups in total. The molecule has 6 nitrogen and oxygen atoms in total. The second-order valence-electron chi connectivity index (χ2n) is 6.50. The van der Waals surface area contributed by atoms with E-state index in [1.807, 2.05) is 18.7 Å². The zero-order chi connectivity index (χ0) is 16.4. The van der Waals surface area contributed by atoms with Crippen LogP contribution in [0.2, 0.25) is 0 Å². The first-order chi connectivity index (χ1) is 11.0. The highest BCUT2D eigenvalue weighted by Crippen LogP contribution is 2.34. The van der Waals surface area contributed by atoms with Crippen LogP contribution in [0.1, 0.15) is 43.5 Å². The molecule has 2 fully saturated rings. The maximum atomic E-state index is 12.2. The number of carbonyl (C=O) groups excluding carboxylic acids is 1. The van der Waals surface area contributed by atoms with Gasteiger partial charge in [0.1, 0.15) is 11.1 Å². The molecule has 1 saturated heterocycles. The van der Waals surface area contributed by atoms with Gasteiger partial charge in [0.05, 0.1) is 11.2 Å². The van der Waals surface area contributed by atoms with E-state index >= 15 is 0 Å². The molecule has 23 heavy (non-hydrogen) atoms. The van der Waals surface area contributed by atoms with Crippen molar-refractivity contribution in [2.45, 2.75) is 44.9 Å². The van der Waals surface area contributed by atoms with Crippen LogP contribution in [0.4, 0.5) is 0 Å². The normalized spacial score (nSPS) is 22.1. The number of hydrogen-bond acceptors (Lipinski definition) is 6. The van der Waals surface area contributed by atoms with E-state index in [2.05, 4.69) is 15.3 Å². The summed E-state index contributed by atoms with van der Waals surface area (Å²) < 4.78 is 5.59. The summed E-state index contributed by atoms with van der Waals surface area (Å²) in [5.41, 5.74) is 6.56. The van der Waals surface area contributed by atoms with E-state index in [4.69, 9.17) is 10.5 Å². The van der Waals surface area contributed by atoms with Gasteiger partial charge in [-0.2, -0.15) is 0 Å². The van der Waals surface area contributed by atoms with Crippen molar-refractivity contribution in [3.05, 3.63) is 16.1 Å². The number of carbonyl (C=O) groups is 1. The highest BCUT2D eigenvalue weighted by atomic mass is 32.1. The fourth-order valence-corrected chi connectivity index (χ4v) is 3.72. The molecule has 1 aromatic rings. The van der Waals surface area contributed by atoms with Gasteiger partial charge >= 0.3 is 0 Å². The average Bonchev–Trinajstić information content (AvgIpc) is 3.12. The van der Waals surface area contributed by atoms with Crippen molar-refractivity contribution in [3.8, 4) is 0 Å². The minimum absolute atomic E-state index is 0.0625. The van der Waals surface area contributed by atoms with Crippen LogP contribution in [0.25, 0.3) is 0 Å². The first-order valence-electron chi connectivity index (χ1n) is 8.38. The number of nitrogens with two attached hydrogens (primary N) is 1. The standard InChI is InChI=1S/C16H26N4O2S/c1-3-22-12(2)14-18-13(11-23-14)10-19-6-8-20(9-7-19)15(21)16(17)4-5-16/h11-12H,3-10,17H2,1-2H3. The van der Waals surface area contributed by atoms with E-state index in [-0.39, 0.29) is 12.0 Å². The van der Waals surface area contributed by atoms with Crippen molar-refractivity contribution >= 4 is 17.2 Å². The van der Waals surface area contributed by atoms with E-state index < -0.39 is 5.54 Å². The predicted molar refractivity (Wildman–Crippen MR) is 90.2 cm³/mol. The molecule has 7 heteroatoms. The molecule has 1 aliphatic carbocycles. The Hall–Kier alpha value is -1.02. The Morgan fingerprint density at radius 2 is 2.13 bits per heavy atom. The molecule has 2 aliphatic rings. The van der Waals surface area contributed by atoms with Crippen molar-refractivity contribution in [3.63, 3.8) is 0 Å². The van der Waals surface area contributed by atoms with Gasteiger partial charge in [-0.15, -0.1) is 11.3 Å². The second-order valence-corrected chi connectivity index (χ2v) is 7.39. The number of aromatic nitrogens is 1. The van der Waals surface area contributed by atoms with Crippen LogP contribution in [0, 0.1) is 0 Å². The molecule has 1 aliphatic heterocycles. The molecule has 0 radical (unpaired) electrons. The van der Waals surface area contributed by atoms with Crippen LogP contribution >= 0.6 is 11.3 Å². The fourth-order valence-electron chi connectivity index (χ4n) is 2.90. The number of nitrogens with zero attached hydrogens (tertiary/aromatic N) is 3. The second kappa shape index (κ2) is 6.84. The number of rotatable bonds is 6. The molecule has 1 saturated carbocycles. The van der Waals surface area contributed by atoms with Gasteiger partial charge in [0, 0.05) is 44.7 Å². The molecule has 0 spiro atoms. The molecule has 3 rings (SSSR count). The van der Waals surface area contributed by atoms with Crippen LogP contribution in [0.15, 0.2) is 5.38 Å². The number of piperazine rings is 1. The summed E-state index contributed by atoms with van der Waals surface area (Å²) in [6.07, 6.45) is 1.74. The maximum Gasteiger partial charge on any atom is 0.242 e. The van der Waals surface area contributed by atoms with Gasteiger partial charge in [-0.1, -0.05) is 0 Å². The molecule has 1 amide bonds. The first-order valence-corrected chi connectivity index (χ1v) is 9.26. The van der Waals surface area contributed by atoms with E-state index in [0.29, 0.717) is 6.61 Å². The molecule has 0 aromatic carbocycles. The third-order valence-electron chi connectivity index (χ3n) is 4.59. The monoisotopic (exact) mass is 338 g/mol. The van der Waals surface area contributed by atoms with Crippen molar-refractivity contribution in [1.82, 2.24) is 14.8 Å². The van der Waals surface area contributed by atoms with Crippen LogP contribution in [0.5, 0.6) is 0 Å². The summed E-state index contributed by atoms with van der Waals surface area (Å²) in [5.74, 6) is 0.138. The Kier molecular flexibility index (Phi) is 5.01. The van der Waals surface area contributed by atoms with Crippen LogP contribution < -0.4 is 5.73 Å². The zero-order valence-corrected chi connectivity index (χ0v) is 14.8. The van der Waals surface area contributed by atoms with E-state index in [1.54, 1.807) is 11.3 Å². The summed E-state index contributed by atoms with van der Waals surface area (Å²) in [4.78, 5) is 21.2.